The molecule has 0 aromatic heterocycles. The van der Waals surface area contributed by atoms with Crippen molar-refractivity contribution in [3.8, 4) is 0 Å². The van der Waals surface area contributed by atoms with Crippen LogP contribution in [0.25, 0.3) is 0 Å². The summed E-state index contributed by atoms with van der Waals surface area (Å²) in [6.07, 6.45) is 0. The Balaban J connectivity index is 5.06. The molecule has 0 fully saturated rings. The minimum absolute atomic E-state index is 0.123. The molecule has 1 amide bonds. The Bertz CT molecular complexity index is 333. The summed E-state index contributed by atoms with van der Waals surface area (Å²) in [5, 5.41) is 8.92. The van der Waals surface area contributed by atoms with Gasteiger partial charge in [0.15, 0.2) is 0 Å². The number of carboxylic acids is 1. The highest BCUT2D eigenvalue weighted by atomic mass is 16.4. The highest BCUT2D eigenvalue weighted by Crippen LogP contribution is 2.12. The molecule has 4 nitrogen and oxygen atoms in total. The lowest BCUT2D eigenvalue weighted by molar-refractivity contribution is -0.134. The van der Waals surface area contributed by atoms with E-state index in [1.54, 1.807) is 11.8 Å². The Morgan fingerprint density at radius 1 is 0.944 bits per heavy atom. The first-order chi connectivity index (χ1) is 8.16. The molecule has 0 aromatic carbocycles. The van der Waals surface area contributed by atoms with Gasteiger partial charge in [0.2, 0.25) is 5.91 Å². The van der Waals surface area contributed by atoms with Gasteiger partial charge in [-0.05, 0) is 25.7 Å². The van der Waals surface area contributed by atoms with E-state index in [-0.39, 0.29) is 11.5 Å². The summed E-state index contributed by atoms with van der Waals surface area (Å²) in [5.41, 5.74) is 0.446. The third-order valence-corrected chi connectivity index (χ3v) is 2.66. The number of carbonyl (C=O) groups is 2. The van der Waals surface area contributed by atoms with E-state index in [0.29, 0.717) is 30.5 Å². The number of nitrogens with zero attached hydrogens (tertiary/aromatic N) is 1. The maximum Gasteiger partial charge on any atom is 0.331 e. The number of aliphatic carboxylic acids is 1. The van der Waals surface area contributed by atoms with Gasteiger partial charge in [-0.25, -0.2) is 4.79 Å². The second-order valence-corrected chi connectivity index (χ2v) is 5.55. The molecule has 0 saturated carbocycles. The van der Waals surface area contributed by atoms with Gasteiger partial charge >= 0.3 is 5.97 Å². The van der Waals surface area contributed by atoms with Crippen LogP contribution in [0.4, 0.5) is 0 Å². The Morgan fingerprint density at radius 2 is 1.33 bits per heavy atom. The first-order valence-electron chi connectivity index (χ1n) is 6.36. The molecular formula is C14H25NO3. The first kappa shape index (κ1) is 16.7. The molecule has 0 bridgehead atoms. The van der Waals surface area contributed by atoms with Crippen molar-refractivity contribution in [2.24, 2.45) is 11.8 Å². The molecule has 1 N–H and O–H groups in total. The van der Waals surface area contributed by atoms with Gasteiger partial charge in [0.25, 0.3) is 0 Å². The molecule has 0 aliphatic heterocycles. The van der Waals surface area contributed by atoms with Crippen LogP contribution < -0.4 is 0 Å². The quantitative estimate of drug-likeness (QED) is 0.742. The minimum Gasteiger partial charge on any atom is -0.478 e. The fraction of sp³-hybridized carbons (Fsp3) is 0.714. The van der Waals surface area contributed by atoms with Gasteiger partial charge in [0, 0.05) is 24.2 Å². The molecular weight excluding hydrogens is 230 g/mol. The van der Waals surface area contributed by atoms with Crippen molar-refractivity contribution < 1.29 is 14.7 Å². The zero-order valence-corrected chi connectivity index (χ0v) is 12.3. The van der Waals surface area contributed by atoms with Gasteiger partial charge in [0.05, 0.1) is 0 Å². The van der Waals surface area contributed by atoms with E-state index < -0.39 is 5.97 Å². The summed E-state index contributed by atoms with van der Waals surface area (Å²) in [5.74, 6) is -0.469. The van der Waals surface area contributed by atoms with Crippen LogP contribution in [0.3, 0.4) is 0 Å². The predicted molar refractivity (Wildman–Crippen MR) is 72.3 cm³/mol. The lowest BCUT2D eigenvalue weighted by Crippen LogP contribution is -2.38. The van der Waals surface area contributed by atoms with Gasteiger partial charge < -0.3 is 10.0 Å². The van der Waals surface area contributed by atoms with Gasteiger partial charge in [-0.1, -0.05) is 27.7 Å². The van der Waals surface area contributed by atoms with Crippen LogP contribution in [-0.2, 0) is 9.59 Å². The summed E-state index contributed by atoms with van der Waals surface area (Å²) < 4.78 is 0. The molecule has 0 unspecified atom stereocenters. The van der Waals surface area contributed by atoms with E-state index in [1.165, 1.54) is 6.92 Å². The molecule has 104 valence electrons. The molecule has 0 heterocycles. The lowest BCUT2D eigenvalue weighted by atomic mass is 10.1. The molecule has 0 spiro atoms. The largest absolute Gasteiger partial charge is 0.478 e. The number of carboxylic acid groups (broad SMARTS) is 1. The van der Waals surface area contributed by atoms with E-state index in [0.717, 1.165) is 0 Å². The zero-order valence-electron chi connectivity index (χ0n) is 12.3. The number of hydrogen-bond donors (Lipinski definition) is 1. The van der Waals surface area contributed by atoms with Crippen LogP contribution in [0.2, 0.25) is 0 Å². The third-order valence-electron chi connectivity index (χ3n) is 2.66. The zero-order chi connectivity index (χ0) is 14.5. The van der Waals surface area contributed by atoms with Crippen molar-refractivity contribution in [3.63, 3.8) is 0 Å². The van der Waals surface area contributed by atoms with Gasteiger partial charge in [-0.15, -0.1) is 0 Å². The maximum absolute atomic E-state index is 12.3. The molecule has 0 aliphatic rings. The number of hydrogen-bond acceptors (Lipinski definition) is 2. The molecule has 4 heteroatoms. The first-order valence-corrected chi connectivity index (χ1v) is 6.36. The van der Waals surface area contributed by atoms with Gasteiger partial charge in [-0.3, -0.25) is 4.79 Å². The second-order valence-electron chi connectivity index (χ2n) is 5.55. The molecule has 0 saturated heterocycles. The summed E-state index contributed by atoms with van der Waals surface area (Å²) in [6, 6.07) is 0. The van der Waals surface area contributed by atoms with E-state index in [9.17, 15) is 9.59 Å². The van der Waals surface area contributed by atoms with Crippen molar-refractivity contribution in [2.75, 3.05) is 13.1 Å². The van der Waals surface area contributed by atoms with E-state index in [4.69, 9.17) is 5.11 Å². The van der Waals surface area contributed by atoms with E-state index >= 15 is 0 Å². The topological polar surface area (TPSA) is 57.6 Å². The maximum atomic E-state index is 12.3. The summed E-state index contributed by atoms with van der Waals surface area (Å²) in [7, 11) is 0. The summed E-state index contributed by atoms with van der Waals surface area (Å²) >= 11 is 0. The Hall–Kier alpha value is -1.32. The Kier molecular flexibility index (Phi) is 6.66. The fourth-order valence-corrected chi connectivity index (χ4v) is 1.68. The van der Waals surface area contributed by atoms with Crippen LogP contribution in [0.1, 0.15) is 41.5 Å². The molecule has 18 heavy (non-hydrogen) atoms. The number of rotatable bonds is 6. The van der Waals surface area contributed by atoms with Crippen molar-refractivity contribution in [1.82, 2.24) is 4.90 Å². The molecule has 0 aromatic rings. The van der Waals surface area contributed by atoms with Crippen LogP contribution in [0.5, 0.6) is 0 Å². The smallest absolute Gasteiger partial charge is 0.331 e. The Morgan fingerprint density at radius 3 is 1.61 bits per heavy atom. The van der Waals surface area contributed by atoms with Crippen LogP contribution in [-0.4, -0.2) is 35.0 Å². The molecule has 0 aliphatic carbocycles. The average molecular weight is 255 g/mol. The highest BCUT2D eigenvalue weighted by molar-refractivity contribution is 6.01. The fourth-order valence-electron chi connectivity index (χ4n) is 1.68. The monoisotopic (exact) mass is 255 g/mol. The summed E-state index contributed by atoms with van der Waals surface area (Å²) in [6.45, 7) is 12.5. The van der Waals surface area contributed by atoms with Gasteiger partial charge in [0.1, 0.15) is 0 Å². The van der Waals surface area contributed by atoms with Crippen molar-refractivity contribution >= 4 is 11.9 Å². The van der Waals surface area contributed by atoms with Crippen molar-refractivity contribution in [3.05, 3.63) is 11.1 Å². The predicted octanol–water partition coefficient (Wildman–Crippen LogP) is 2.55. The number of carbonyl (C=O) groups excluding carboxylic acids is 1. The van der Waals surface area contributed by atoms with Crippen LogP contribution in [0, 0.1) is 11.8 Å². The Labute approximate surface area is 110 Å². The normalized spacial score (nSPS) is 12.7. The van der Waals surface area contributed by atoms with Crippen LogP contribution in [0.15, 0.2) is 11.1 Å². The van der Waals surface area contributed by atoms with Gasteiger partial charge in [-0.2, -0.15) is 0 Å². The lowest BCUT2D eigenvalue weighted by Gasteiger charge is -2.27. The second kappa shape index (κ2) is 7.19. The minimum atomic E-state index is -1.03. The van der Waals surface area contributed by atoms with Crippen molar-refractivity contribution in [1.29, 1.82) is 0 Å². The van der Waals surface area contributed by atoms with Crippen LogP contribution >= 0.6 is 0 Å². The average Bonchev–Trinajstić information content (AvgIpc) is 2.23. The summed E-state index contributed by atoms with van der Waals surface area (Å²) in [4.78, 5) is 24.9. The molecule has 0 rings (SSSR count). The SMILES string of the molecule is CC(C(=O)O)=C(C)C(=O)N(CC(C)C)CC(C)C. The van der Waals surface area contributed by atoms with E-state index in [1.807, 2.05) is 27.7 Å². The highest BCUT2D eigenvalue weighted by Gasteiger charge is 2.20. The third kappa shape index (κ3) is 5.34. The van der Waals surface area contributed by atoms with Crippen molar-refractivity contribution in [2.45, 2.75) is 41.5 Å². The molecule has 0 radical (unpaired) electrons. The number of amides is 1. The van der Waals surface area contributed by atoms with E-state index in [2.05, 4.69) is 0 Å². The molecule has 0 atom stereocenters. The standard InChI is InChI=1S/C14H25NO3/c1-9(2)7-15(8-10(3)4)13(16)11(5)12(6)14(17)18/h9-10H,7-8H2,1-6H3,(H,17,18).